The van der Waals surface area contributed by atoms with Crippen LogP contribution in [-0.2, 0) is 32.4 Å². The number of hydrogen-bond donors (Lipinski definition) is 1. The van der Waals surface area contributed by atoms with Crippen LogP contribution in [0.3, 0.4) is 0 Å². The van der Waals surface area contributed by atoms with Crippen molar-refractivity contribution < 1.29 is 18.0 Å². The Morgan fingerprint density at radius 2 is 1.71 bits per heavy atom. The molecule has 4 rings (SSSR count). The number of hydrogen-bond acceptors (Lipinski definition) is 3. The van der Waals surface area contributed by atoms with E-state index in [1.54, 1.807) is 6.20 Å². The summed E-state index contributed by atoms with van der Waals surface area (Å²) >= 11 is 3.38. The molecule has 4 nitrogen and oxygen atoms in total. The highest BCUT2D eigenvalue weighted by molar-refractivity contribution is 9.10. The lowest BCUT2D eigenvalue weighted by Crippen LogP contribution is -2.23. The molecule has 0 aliphatic carbocycles. The summed E-state index contributed by atoms with van der Waals surface area (Å²) in [4.78, 5) is 19.0. The summed E-state index contributed by atoms with van der Waals surface area (Å²) in [6, 6.07) is 14.8. The SMILES string of the molecule is O=C(NCc1ccc(Br)cc1)c1cnc2c(c1)CN(Cc1ccc(C(F)(F)F)cc1)C2. The number of carbonyl (C=O) groups excluding carboxylic acids is 1. The first-order valence-corrected chi connectivity index (χ1v) is 10.5. The number of halogens is 4. The van der Waals surface area contributed by atoms with E-state index >= 15 is 0 Å². The summed E-state index contributed by atoms with van der Waals surface area (Å²) in [6.45, 7) is 2.12. The van der Waals surface area contributed by atoms with Crippen molar-refractivity contribution in [2.45, 2.75) is 32.4 Å². The van der Waals surface area contributed by atoms with Gasteiger partial charge in [0, 0.05) is 36.8 Å². The molecule has 8 heteroatoms. The normalized spacial score (nSPS) is 13.8. The number of rotatable bonds is 5. The fourth-order valence-corrected chi connectivity index (χ4v) is 3.77. The quantitative estimate of drug-likeness (QED) is 0.528. The first kappa shape index (κ1) is 21.5. The van der Waals surface area contributed by atoms with Gasteiger partial charge in [-0.05, 0) is 47.0 Å². The van der Waals surface area contributed by atoms with Crippen LogP contribution in [0.4, 0.5) is 13.2 Å². The van der Waals surface area contributed by atoms with E-state index < -0.39 is 11.7 Å². The number of carbonyl (C=O) groups is 1. The van der Waals surface area contributed by atoms with Gasteiger partial charge >= 0.3 is 6.18 Å². The van der Waals surface area contributed by atoms with Crippen LogP contribution in [0.1, 0.15) is 38.3 Å². The molecule has 160 valence electrons. The summed E-state index contributed by atoms with van der Waals surface area (Å²) in [5.41, 5.74) is 3.48. The molecule has 0 fully saturated rings. The van der Waals surface area contributed by atoms with Gasteiger partial charge in [-0.1, -0.05) is 40.2 Å². The first-order chi connectivity index (χ1) is 14.8. The van der Waals surface area contributed by atoms with Gasteiger partial charge in [0.15, 0.2) is 0 Å². The number of fused-ring (bicyclic) bond motifs is 1. The van der Waals surface area contributed by atoms with Crippen LogP contribution in [0.5, 0.6) is 0 Å². The predicted molar refractivity (Wildman–Crippen MR) is 114 cm³/mol. The molecule has 3 aromatic rings. The summed E-state index contributed by atoms with van der Waals surface area (Å²) in [7, 11) is 0. The van der Waals surface area contributed by atoms with E-state index in [1.807, 2.05) is 30.3 Å². The van der Waals surface area contributed by atoms with Crippen molar-refractivity contribution in [3.05, 3.63) is 98.8 Å². The molecule has 1 aliphatic rings. The Kier molecular flexibility index (Phi) is 6.11. The van der Waals surface area contributed by atoms with E-state index in [2.05, 4.69) is 31.1 Å². The number of amides is 1. The average molecular weight is 490 g/mol. The van der Waals surface area contributed by atoms with Crippen molar-refractivity contribution in [3.63, 3.8) is 0 Å². The van der Waals surface area contributed by atoms with E-state index in [4.69, 9.17) is 0 Å². The number of alkyl halides is 3. The Bertz CT molecular complexity index is 1080. The number of aromatic nitrogens is 1. The molecule has 1 aromatic heterocycles. The Balaban J connectivity index is 1.36. The second-order valence-corrected chi connectivity index (χ2v) is 8.39. The molecule has 1 aliphatic heterocycles. The molecule has 0 atom stereocenters. The van der Waals surface area contributed by atoms with Crippen LogP contribution in [0.25, 0.3) is 0 Å². The summed E-state index contributed by atoms with van der Waals surface area (Å²) in [6.07, 6.45) is -2.77. The van der Waals surface area contributed by atoms with E-state index in [0.717, 1.165) is 39.0 Å². The topological polar surface area (TPSA) is 45.2 Å². The van der Waals surface area contributed by atoms with Crippen LogP contribution >= 0.6 is 15.9 Å². The van der Waals surface area contributed by atoms with Crippen LogP contribution in [-0.4, -0.2) is 15.8 Å². The second-order valence-electron chi connectivity index (χ2n) is 7.48. The van der Waals surface area contributed by atoms with Gasteiger partial charge in [-0.15, -0.1) is 0 Å². The Morgan fingerprint density at radius 1 is 1.03 bits per heavy atom. The smallest absolute Gasteiger partial charge is 0.348 e. The maximum Gasteiger partial charge on any atom is 0.416 e. The van der Waals surface area contributed by atoms with Gasteiger partial charge in [-0.25, -0.2) is 0 Å². The fourth-order valence-electron chi connectivity index (χ4n) is 3.51. The van der Waals surface area contributed by atoms with Crippen molar-refractivity contribution >= 4 is 21.8 Å². The molecule has 0 saturated heterocycles. The molecule has 0 unspecified atom stereocenters. The van der Waals surface area contributed by atoms with Gasteiger partial charge in [0.2, 0.25) is 0 Å². The average Bonchev–Trinajstić information content (AvgIpc) is 3.14. The van der Waals surface area contributed by atoms with Crippen molar-refractivity contribution in [1.29, 1.82) is 0 Å². The number of nitrogens with one attached hydrogen (secondary N) is 1. The van der Waals surface area contributed by atoms with E-state index in [0.29, 0.717) is 31.7 Å². The predicted octanol–water partition coefficient (Wildman–Crippen LogP) is 5.31. The molecule has 0 bridgehead atoms. The van der Waals surface area contributed by atoms with E-state index in [9.17, 15) is 18.0 Å². The third-order valence-electron chi connectivity index (χ3n) is 5.14. The van der Waals surface area contributed by atoms with Gasteiger partial charge in [-0.3, -0.25) is 14.7 Å². The van der Waals surface area contributed by atoms with E-state index in [1.165, 1.54) is 12.1 Å². The lowest BCUT2D eigenvalue weighted by Gasteiger charge is -2.15. The lowest BCUT2D eigenvalue weighted by molar-refractivity contribution is -0.137. The van der Waals surface area contributed by atoms with E-state index in [-0.39, 0.29) is 5.91 Å². The maximum atomic E-state index is 12.7. The van der Waals surface area contributed by atoms with Crippen molar-refractivity contribution in [2.24, 2.45) is 0 Å². The zero-order valence-corrected chi connectivity index (χ0v) is 18.0. The zero-order valence-electron chi connectivity index (χ0n) is 16.4. The van der Waals surface area contributed by atoms with Crippen LogP contribution in [0, 0.1) is 0 Å². The first-order valence-electron chi connectivity index (χ1n) is 9.67. The Hall–Kier alpha value is -2.71. The molecule has 1 N–H and O–H groups in total. The molecule has 2 aromatic carbocycles. The molecule has 31 heavy (non-hydrogen) atoms. The fraction of sp³-hybridized carbons (Fsp3) is 0.217. The van der Waals surface area contributed by atoms with Crippen molar-refractivity contribution in [3.8, 4) is 0 Å². The summed E-state index contributed by atoms with van der Waals surface area (Å²) in [5.74, 6) is -0.195. The minimum atomic E-state index is -4.33. The third kappa shape index (κ3) is 5.32. The van der Waals surface area contributed by atoms with Crippen LogP contribution in [0.15, 0.2) is 65.3 Å². The minimum Gasteiger partial charge on any atom is -0.348 e. The zero-order chi connectivity index (χ0) is 22.0. The number of pyridine rings is 1. The molecule has 0 saturated carbocycles. The van der Waals surface area contributed by atoms with Crippen molar-refractivity contribution in [2.75, 3.05) is 0 Å². The third-order valence-corrected chi connectivity index (χ3v) is 5.67. The Morgan fingerprint density at radius 3 is 2.39 bits per heavy atom. The largest absolute Gasteiger partial charge is 0.416 e. The second kappa shape index (κ2) is 8.80. The number of benzene rings is 2. The summed E-state index contributed by atoms with van der Waals surface area (Å²) < 4.78 is 39.1. The van der Waals surface area contributed by atoms with Crippen LogP contribution < -0.4 is 5.32 Å². The Labute approximate surface area is 186 Å². The molecule has 2 heterocycles. The highest BCUT2D eigenvalue weighted by Gasteiger charge is 2.30. The van der Waals surface area contributed by atoms with Gasteiger partial charge in [0.25, 0.3) is 5.91 Å². The standard InChI is InChI=1S/C23H19BrF3N3O/c24-20-7-3-15(4-8-20)10-29-22(31)17-9-18-13-30(14-21(18)28-11-17)12-16-1-5-19(6-2-16)23(25,26)27/h1-9,11H,10,12-14H2,(H,29,31). The summed E-state index contributed by atoms with van der Waals surface area (Å²) in [5, 5.41) is 2.89. The molecular formula is C23H19BrF3N3O. The molecular weight excluding hydrogens is 471 g/mol. The maximum absolute atomic E-state index is 12.7. The molecule has 1 amide bonds. The number of nitrogens with zero attached hydrogens (tertiary/aromatic N) is 2. The minimum absolute atomic E-state index is 0.195. The van der Waals surface area contributed by atoms with Gasteiger partial charge < -0.3 is 5.32 Å². The van der Waals surface area contributed by atoms with Gasteiger partial charge in [-0.2, -0.15) is 13.2 Å². The highest BCUT2D eigenvalue weighted by atomic mass is 79.9. The highest BCUT2D eigenvalue weighted by Crippen LogP contribution is 2.30. The molecule has 0 radical (unpaired) electrons. The van der Waals surface area contributed by atoms with Crippen LogP contribution in [0.2, 0.25) is 0 Å². The molecule has 0 spiro atoms. The van der Waals surface area contributed by atoms with Gasteiger partial charge in [0.05, 0.1) is 16.8 Å². The lowest BCUT2D eigenvalue weighted by atomic mass is 10.1. The van der Waals surface area contributed by atoms with Crippen molar-refractivity contribution in [1.82, 2.24) is 15.2 Å². The monoisotopic (exact) mass is 489 g/mol. The van der Waals surface area contributed by atoms with Gasteiger partial charge in [0.1, 0.15) is 0 Å².